The summed E-state index contributed by atoms with van der Waals surface area (Å²) in [5, 5.41) is 0. The average Bonchev–Trinajstić information content (AvgIpc) is 1.94. The van der Waals surface area contributed by atoms with E-state index in [0.717, 1.165) is 0 Å². The topological polar surface area (TPSA) is 35.5 Å². The zero-order chi connectivity index (χ0) is 10.8. The van der Waals surface area contributed by atoms with Crippen molar-refractivity contribution in [1.29, 1.82) is 0 Å². The molecule has 0 atom stereocenters. The maximum atomic E-state index is 11.7. The van der Waals surface area contributed by atoms with Gasteiger partial charge in [0.05, 0.1) is 18.6 Å². The number of carbonyl (C=O) groups is 1. The maximum Gasteiger partial charge on any atom is 0.522 e. The van der Waals surface area contributed by atoms with Gasteiger partial charge in [-0.05, 0) is 19.8 Å². The van der Waals surface area contributed by atoms with E-state index in [2.05, 4.69) is 9.47 Å². The first-order valence-electron chi connectivity index (χ1n) is 4.33. The van der Waals surface area contributed by atoms with Crippen LogP contribution < -0.4 is 0 Å². The molecule has 6 heteroatoms. The van der Waals surface area contributed by atoms with Gasteiger partial charge in [-0.3, -0.25) is 9.53 Å². The first kappa shape index (κ1) is 11.3. The third-order valence-corrected chi connectivity index (χ3v) is 2.02. The maximum absolute atomic E-state index is 11.7. The smallest absolute Gasteiger partial charge is 0.466 e. The lowest BCUT2D eigenvalue weighted by Crippen LogP contribution is -2.40. The first-order valence-corrected chi connectivity index (χ1v) is 4.33. The number of rotatable bonds is 3. The van der Waals surface area contributed by atoms with Crippen molar-refractivity contribution in [2.75, 3.05) is 6.61 Å². The van der Waals surface area contributed by atoms with Crippen LogP contribution in [-0.4, -0.2) is 25.0 Å². The molecule has 0 amide bonds. The van der Waals surface area contributed by atoms with Gasteiger partial charge in [-0.15, -0.1) is 13.2 Å². The van der Waals surface area contributed by atoms with Crippen molar-refractivity contribution in [3.63, 3.8) is 0 Å². The van der Waals surface area contributed by atoms with Crippen LogP contribution >= 0.6 is 0 Å². The summed E-state index contributed by atoms with van der Waals surface area (Å²) in [6.07, 6.45) is -5.30. The molecule has 1 aliphatic rings. The summed E-state index contributed by atoms with van der Waals surface area (Å²) in [4.78, 5) is 11.0. The van der Waals surface area contributed by atoms with Crippen molar-refractivity contribution >= 4 is 5.97 Å². The van der Waals surface area contributed by atoms with Crippen LogP contribution in [0.15, 0.2) is 0 Å². The number of hydrogen-bond donors (Lipinski definition) is 0. The predicted molar refractivity (Wildman–Crippen MR) is 40.3 cm³/mol. The minimum Gasteiger partial charge on any atom is -0.466 e. The molecule has 1 saturated carbocycles. The van der Waals surface area contributed by atoms with E-state index in [1.807, 2.05) is 0 Å². The lowest BCUT2D eigenvalue weighted by atomic mass is 9.82. The minimum atomic E-state index is -4.61. The van der Waals surface area contributed by atoms with Gasteiger partial charge in [-0.1, -0.05) is 0 Å². The van der Waals surface area contributed by atoms with Gasteiger partial charge in [0.15, 0.2) is 0 Å². The van der Waals surface area contributed by atoms with Crippen LogP contribution in [0, 0.1) is 5.92 Å². The third-order valence-electron chi connectivity index (χ3n) is 2.02. The fourth-order valence-corrected chi connectivity index (χ4v) is 1.30. The molecule has 0 aromatic carbocycles. The average molecular weight is 212 g/mol. The highest BCUT2D eigenvalue weighted by atomic mass is 19.4. The Hall–Kier alpha value is -0.780. The van der Waals surface area contributed by atoms with E-state index in [4.69, 9.17) is 0 Å². The number of alkyl halides is 3. The molecule has 0 heterocycles. The Kier molecular flexibility index (Phi) is 3.36. The fourth-order valence-electron chi connectivity index (χ4n) is 1.30. The minimum absolute atomic E-state index is 0.0956. The Bertz CT molecular complexity index is 208. The van der Waals surface area contributed by atoms with Crippen LogP contribution in [0.3, 0.4) is 0 Å². The highest BCUT2D eigenvalue weighted by Crippen LogP contribution is 2.35. The highest BCUT2D eigenvalue weighted by Gasteiger charge is 2.43. The standard InChI is InChI=1S/C8H11F3O3/c1-2-13-7(12)5-3-6(4-5)14-8(9,10)11/h5-6H,2-4H2,1H3. The fraction of sp³-hybridized carbons (Fsp3) is 0.875. The molecule has 1 aliphatic carbocycles. The summed E-state index contributed by atoms with van der Waals surface area (Å²) in [5.74, 6) is -0.864. The molecule has 0 bridgehead atoms. The number of hydrogen-bond acceptors (Lipinski definition) is 3. The number of carbonyl (C=O) groups excluding carboxylic acids is 1. The van der Waals surface area contributed by atoms with Gasteiger partial charge in [-0.25, -0.2) is 0 Å². The van der Waals surface area contributed by atoms with Gasteiger partial charge in [-0.2, -0.15) is 0 Å². The predicted octanol–water partition coefficient (Wildman–Crippen LogP) is 1.86. The molecule has 0 N–H and O–H groups in total. The molecule has 3 nitrogen and oxygen atoms in total. The van der Waals surface area contributed by atoms with Gasteiger partial charge in [0.1, 0.15) is 0 Å². The van der Waals surface area contributed by atoms with Crippen molar-refractivity contribution < 1.29 is 27.4 Å². The van der Waals surface area contributed by atoms with Gasteiger partial charge in [0.2, 0.25) is 0 Å². The Morgan fingerprint density at radius 1 is 1.43 bits per heavy atom. The van der Waals surface area contributed by atoms with E-state index in [-0.39, 0.29) is 19.4 Å². The van der Waals surface area contributed by atoms with Gasteiger partial charge in [0, 0.05) is 0 Å². The van der Waals surface area contributed by atoms with Crippen molar-refractivity contribution in [2.24, 2.45) is 5.92 Å². The summed E-state index contributed by atoms with van der Waals surface area (Å²) < 4.78 is 43.4. The van der Waals surface area contributed by atoms with Gasteiger partial charge < -0.3 is 4.74 Å². The molecule has 0 aromatic rings. The Labute approximate surface area is 79.2 Å². The molecule has 82 valence electrons. The summed E-state index contributed by atoms with van der Waals surface area (Å²) in [7, 11) is 0. The molecule has 0 aliphatic heterocycles. The van der Waals surface area contributed by atoms with Crippen LogP contribution in [0.25, 0.3) is 0 Å². The highest BCUT2D eigenvalue weighted by molar-refractivity contribution is 5.73. The third kappa shape index (κ3) is 3.17. The van der Waals surface area contributed by atoms with E-state index in [1.54, 1.807) is 6.92 Å². The Balaban J connectivity index is 2.20. The van der Waals surface area contributed by atoms with Crippen molar-refractivity contribution in [3.05, 3.63) is 0 Å². The van der Waals surface area contributed by atoms with E-state index >= 15 is 0 Å². The van der Waals surface area contributed by atoms with Crippen molar-refractivity contribution in [2.45, 2.75) is 32.2 Å². The van der Waals surface area contributed by atoms with Crippen molar-refractivity contribution in [1.82, 2.24) is 0 Å². The second kappa shape index (κ2) is 4.16. The number of esters is 1. The summed E-state index contributed by atoms with van der Waals surface area (Å²) in [5.41, 5.74) is 0. The largest absolute Gasteiger partial charge is 0.522 e. The quantitative estimate of drug-likeness (QED) is 0.670. The van der Waals surface area contributed by atoms with Gasteiger partial charge >= 0.3 is 12.3 Å². The molecule has 0 spiro atoms. The normalized spacial score (nSPS) is 26.9. The van der Waals surface area contributed by atoms with Crippen LogP contribution in [0.2, 0.25) is 0 Å². The second-order valence-electron chi connectivity index (χ2n) is 3.11. The van der Waals surface area contributed by atoms with E-state index in [0.29, 0.717) is 0 Å². The number of halogens is 3. The molecular formula is C8H11F3O3. The van der Waals surface area contributed by atoms with Crippen LogP contribution in [0.5, 0.6) is 0 Å². The summed E-state index contributed by atoms with van der Waals surface area (Å²) >= 11 is 0. The molecule has 1 fully saturated rings. The van der Waals surface area contributed by atoms with Crippen molar-refractivity contribution in [3.8, 4) is 0 Å². The molecule has 14 heavy (non-hydrogen) atoms. The zero-order valence-corrected chi connectivity index (χ0v) is 7.63. The van der Waals surface area contributed by atoms with Crippen LogP contribution in [0.4, 0.5) is 13.2 Å². The molecule has 0 radical (unpaired) electrons. The number of ether oxygens (including phenoxy) is 2. The molecule has 0 unspecified atom stereocenters. The molecule has 1 rings (SSSR count). The molecular weight excluding hydrogens is 201 g/mol. The van der Waals surface area contributed by atoms with E-state index in [9.17, 15) is 18.0 Å². The Morgan fingerprint density at radius 3 is 2.43 bits per heavy atom. The summed E-state index contributed by atoms with van der Waals surface area (Å²) in [6, 6.07) is 0. The van der Waals surface area contributed by atoms with Crippen LogP contribution in [-0.2, 0) is 14.3 Å². The lowest BCUT2D eigenvalue weighted by Gasteiger charge is -2.33. The second-order valence-corrected chi connectivity index (χ2v) is 3.11. The van der Waals surface area contributed by atoms with E-state index in [1.165, 1.54) is 0 Å². The molecule has 0 aromatic heterocycles. The summed E-state index contributed by atoms with van der Waals surface area (Å²) in [6.45, 7) is 1.90. The SMILES string of the molecule is CCOC(=O)C1CC(OC(F)(F)F)C1. The van der Waals surface area contributed by atoms with E-state index < -0.39 is 24.4 Å². The Morgan fingerprint density at radius 2 is 2.00 bits per heavy atom. The van der Waals surface area contributed by atoms with Gasteiger partial charge in [0.25, 0.3) is 0 Å². The first-order chi connectivity index (χ1) is 6.42. The van der Waals surface area contributed by atoms with Crippen LogP contribution in [0.1, 0.15) is 19.8 Å². The lowest BCUT2D eigenvalue weighted by molar-refractivity contribution is -0.353. The molecule has 0 saturated heterocycles. The zero-order valence-electron chi connectivity index (χ0n) is 7.63. The monoisotopic (exact) mass is 212 g/mol.